The monoisotopic (exact) mass is 276 g/mol. The lowest BCUT2D eigenvalue weighted by Gasteiger charge is -2.22. The molecule has 2 atom stereocenters. The lowest BCUT2D eigenvalue weighted by atomic mass is 9.95. The van der Waals surface area contributed by atoms with Crippen LogP contribution in [0.3, 0.4) is 0 Å². The van der Waals surface area contributed by atoms with E-state index in [4.69, 9.17) is 0 Å². The maximum absolute atomic E-state index is 4.57. The molecule has 0 saturated carbocycles. The Bertz CT molecular complexity index is 506. The van der Waals surface area contributed by atoms with Gasteiger partial charge in [0.05, 0.1) is 10.2 Å². The zero-order chi connectivity index (χ0) is 13.7. The van der Waals surface area contributed by atoms with Crippen LogP contribution in [0.1, 0.15) is 51.6 Å². The fourth-order valence-electron chi connectivity index (χ4n) is 2.28. The van der Waals surface area contributed by atoms with Gasteiger partial charge in [0.15, 0.2) is 0 Å². The van der Waals surface area contributed by atoms with Crippen LogP contribution in [-0.2, 0) is 0 Å². The van der Waals surface area contributed by atoms with Gasteiger partial charge in [-0.25, -0.2) is 0 Å². The Kier molecular flexibility index (Phi) is 5.34. The van der Waals surface area contributed by atoms with Crippen LogP contribution in [0.25, 0.3) is 10.2 Å². The number of fused-ring (bicyclic) bond motifs is 1. The summed E-state index contributed by atoms with van der Waals surface area (Å²) in [6.45, 7) is 7.89. The minimum atomic E-state index is 0.439. The molecule has 0 radical (unpaired) electrons. The molecule has 0 fully saturated rings. The van der Waals surface area contributed by atoms with E-state index in [-0.39, 0.29) is 0 Å². The first kappa shape index (κ1) is 14.5. The van der Waals surface area contributed by atoms with Crippen molar-refractivity contribution in [2.24, 2.45) is 5.92 Å². The van der Waals surface area contributed by atoms with E-state index in [9.17, 15) is 0 Å². The van der Waals surface area contributed by atoms with Crippen molar-refractivity contribution in [2.75, 3.05) is 6.54 Å². The molecular formula is C16H24N2S. The van der Waals surface area contributed by atoms with E-state index in [0.29, 0.717) is 6.04 Å². The van der Waals surface area contributed by atoms with E-state index in [0.717, 1.165) is 18.0 Å². The molecule has 0 aliphatic heterocycles. The van der Waals surface area contributed by atoms with Gasteiger partial charge in [0.2, 0.25) is 0 Å². The minimum Gasteiger partial charge on any atom is -0.310 e. The maximum Gasteiger partial charge on any atom is 0.0809 e. The summed E-state index contributed by atoms with van der Waals surface area (Å²) < 4.78 is 1.30. The summed E-state index contributed by atoms with van der Waals surface area (Å²) in [6.07, 6.45) is 5.64. The van der Waals surface area contributed by atoms with Crippen LogP contribution >= 0.6 is 11.3 Å². The third-order valence-electron chi connectivity index (χ3n) is 3.70. The number of nitrogens with one attached hydrogen (secondary N) is 1. The molecule has 2 unspecified atom stereocenters. The minimum absolute atomic E-state index is 0.439. The lowest BCUT2D eigenvalue weighted by Crippen LogP contribution is -2.24. The van der Waals surface area contributed by atoms with Gasteiger partial charge in [-0.3, -0.25) is 4.98 Å². The number of hydrogen-bond donors (Lipinski definition) is 1. The standard InChI is InChI=1S/C16H24N2S/c1-4-7-17-15(9-12(3)5-2)13-10-16-14(18-11-13)6-8-19-16/h6,8,10-12,15,17H,4-5,7,9H2,1-3H3. The van der Waals surface area contributed by atoms with Crippen LogP contribution in [0.15, 0.2) is 23.7 Å². The average Bonchev–Trinajstić information content (AvgIpc) is 2.90. The predicted molar refractivity (Wildman–Crippen MR) is 84.7 cm³/mol. The highest BCUT2D eigenvalue weighted by molar-refractivity contribution is 7.17. The van der Waals surface area contributed by atoms with Crippen LogP contribution in [0.2, 0.25) is 0 Å². The summed E-state index contributed by atoms with van der Waals surface area (Å²) in [7, 11) is 0. The number of hydrogen-bond acceptors (Lipinski definition) is 3. The van der Waals surface area contributed by atoms with Crippen molar-refractivity contribution in [1.29, 1.82) is 0 Å². The molecule has 0 aliphatic carbocycles. The zero-order valence-electron chi connectivity index (χ0n) is 12.1. The third kappa shape index (κ3) is 3.77. The SMILES string of the molecule is CCCNC(CC(C)CC)c1cnc2ccsc2c1. The molecular weight excluding hydrogens is 252 g/mol. The van der Waals surface area contributed by atoms with Gasteiger partial charge < -0.3 is 5.32 Å². The first-order valence-corrected chi connectivity index (χ1v) is 8.19. The average molecular weight is 276 g/mol. The van der Waals surface area contributed by atoms with E-state index >= 15 is 0 Å². The first-order valence-electron chi connectivity index (χ1n) is 7.31. The maximum atomic E-state index is 4.57. The Morgan fingerprint density at radius 2 is 2.21 bits per heavy atom. The molecule has 0 bridgehead atoms. The summed E-state index contributed by atoms with van der Waals surface area (Å²) in [4.78, 5) is 4.57. The van der Waals surface area contributed by atoms with Gasteiger partial charge in [0, 0.05) is 12.2 Å². The fraction of sp³-hybridized carbons (Fsp3) is 0.562. The van der Waals surface area contributed by atoms with Crippen molar-refractivity contribution >= 4 is 21.6 Å². The molecule has 19 heavy (non-hydrogen) atoms. The molecule has 2 aromatic heterocycles. The molecule has 3 heteroatoms. The topological polar surface area (TPSA) is 24.9 Å². The van der Waals surface area contributed by atoms with Crippen LogP contribution in [-0.4, -0.2) is 11.5 Å². The van der Waals surface area contributed by atoms with Crippen molar-refractivity contribution in [3.63, 3.8) is 0 Å². The molecule has 0 spiro atoms. The first-order chi connectivity index (χ1) is 9.24. The van der Waals surface area contributed by atoms with Crippen molar-refractivity contribution in [1.82, 2.24) is 10.3 Å². The molecule has 0 saturated heterocycles. The Morgan fingerprint density at radius 1 is 1.37 bits per heavy atom. The van der Waals surface area contributed by atoms with E-state index in [1.54, 1.807) is 11.3 Å². The Balaban J connectivity index is 2.19. The van der Waals surface area contributed by atoms with Crippen LogP contribution < -0.4 is 5.32 Å². The van der Waals surface area contributed by atoms with Crippen molar-refractivity contribution in [3.8, 4) is 0 Å². The highest BCUT2D eigenvalue weighted by Crippen LogP contribution is 2.27. The quantitative estimate of drug-likeness (QED) is 0.787. The second-order valence-electron chi connectivity index (χ2n) is 5.33. The molecule has 104 valence electrons. The van der Waals surface area contributed by atoms with E-state index in [2.05, 4.69) is 48.6 Å². The molecule has 2 aromatic rings. The zero-order valence-corrected chi connectivity index (χ0v) is 13.0. The second-order valence-corrected chi connectivity index (χ2v) is 6.28. The highest BCUT2D eigenvalue weighted by atomic mass is 32.1. The molecule has 2 rings (SSSR count). The smallest absolute Gasteiger partial charge is 0.0809 e. The summed E-state index contributed by atoms with van der Waals surface area (Å²) >= 11 is 1.78. The fourth-order valence-corrected chi connectivity index (χ4v) is 3.07. The molecule has 0 aromatic carbocycles. The van der Waals surface area contributed by atoms with Crippen LogP contribution in [0.4, 0.5) is 0 Å². The number of thiophene rings is 1. The summed E-state index contributed by atoms with van der Waals surface area (Å²) in [5.74, 6) is 0.744. The van der Waals surface area contributed by atoms with Gasteiger partial charge >= 0.3 is 0 Å². The van der Waals surface area contributed by atoms with Crippen LogP contribution in [0, 0.1) is 5.92 Å². The summed E-state index contributed by atoms with van der Waals surface area (Å²) in [6, 6.07) is 4.84. The molecule has 2 heterocycles. The number of aromatic nitrogens is 1. The van der Waals surface area contributed by atoms with Crippen molar-refractivity contribution in [3.05, 3.63) is 29.3 Å². The van der Waals surface area contributed by atoms with Gasteiger partial charge in [0.1, 0.15) is 0 Å². The van der Waals surface area contributed by atoms with Crippen molar-refractivity contribution < 1.29 is 0 Å². The van der Waals surface area contributed by atoms with Crippen molar-refractivity contribution in [2.45, 2.75) is 46.1 Å². The van der Waals surface area contributed by atoms with Gasteiger partial charge in [-0.2, -0.15) is 0 Å². The van der Waals surface area contributed by atoms with E-state index < -0.39 is 0 Å². The summed E-state index contributed by atoms with van der Waals surface area (Å²) in [5.41, 5.74) is 2.45. The Labute approximate surface area is 120 Å². The normalized spacial score (nSPS) is 14.7. The highest BCUT2D eigenvalue weighted by Gasteiger charge is 2.15. The number of pyridine rings is 1. The lowest BCUT2D eigenvalue weighted by molar-refractivity contribution is 0.402. The molecule has 0 aliphatic rings. The number of nitrogens with zero attached hydrogens (tertiary/aromatic N) is 1. The van der Waals surface area contributed by atoms with Gasteiger partial charge in [-0.15, -0.1) is 11.3 Å². The second kappa shape index (κ2) is 7.01. The molecule has 1 N–H and O–H groups in total. The van der Waals surface area contributed by atoms with Gasteiger partial charge in [-0.1, -0.05) is 27.2 Å². The predicted octanol–water partition coefficient (Wildman–Crippen LogP) is 4.77. The third-order valence-corrected chi connectivity index (χ3v) is 4.56. The van der Waals surface area contributed by atoms with E-state index in [1.165, 1.54) is 29.5 Å². The van der Waals surface area contributed by atoms with Gasteiger partial charge in [-0.05, 0) is 48.4 Å². The Hall–Kier alpha value is -0.930. The van der Waals surface area contributed by atoms with E-state index in [1.807, 2.05) is 6.20 Å². The van der Waals surface area contributed by atoms with Crippen LogP contribution in [0.5, 0.6) is 0 Å². The number of rotatable bonds is 7. The van der Waals surface area contributed by atoms with Gasteiger partial charge in [0.25, 0.3) is 0 Å². The molecule has 2 nitrogen and oxygen atoms in total. The molecule has 0 amide bonds. The largest absolute Gasteiger partial charge is 0.310 e. The Morgan fingerprint density at radius 3 is 2.95 bits per heavy atom. The summed E-state index contributed by atoms with van der Waals surface area (Å²) in [5, 5.41) is 5.79.